The van der Waals surface area contributed by atoms with Gasteiger partial charge in [-0.25, -0.2) is 4.39 Å². The average molecular weight is 302 g/mol. The highest BCUT2D eigenvalue weighted by Crippen LogP contribution is 2.29. The topological polar surface area (TPSA) is 60.5 Å². The first kappa shape index (κ1) is 12.2. The lowest BCUT2D eigenvalue weighted by molar-refractivity contribution is 0.624. The number of aromatic nitrogens is 1. The zero-order valence-electron chi connectivity index (χ0n) is 8.98. The highest BCUT2D eigenvalue weighted by atomic mass is 79.9. The van der Waals surface area contributed by atoms with Crippen LogP contribution in [0.15, 0.2) is 34.9 Å². The van der Waals surface area contributed by atoms with Crippen LogP contribution in [0.4, 0.5) is 4.39 Å². The predicted molar refractivity (Wildman–Crippen MR) is 66.8 cm³/mol. The molecule has 0 bridgehead atoms. The minimum atomic E-state index is -0.605. The van der Waals surface area contributed by atoms with Crippen molar-refractivity contribution in [3.63, 3.8) is 0 Å². The van der Waals surface area contributed by atoms with Gasteiger partial charge in [-0.15, -0.1) is 0 Å². The van der Waals surface area contributed by atoms with Crippen LogP contribution in [0.5, 0.6) is 0 Å². The van der Waals surface area contributed by atoms with E-state index in [1.54, 1.807) is 18.2 Å². The van der Waals surface area contributed by atoms with Gasteiger partial charge < -0.3 is 0 Å². The van der Waals surface area contributed by atoms with Crippen molar-refractivity contribution in [2.75, 3.05) is 0 Å². The maximum absolute atomic E-state index is 13.5. The molecule has 86 valence electrons. The minimum Gasteiger partial charge on any atom is -0.255 e. The second kappa shape index (κ2) is 4.95. The maximum Gasteiger partial charge on any atom is 0.141 e. The summed E-state index contributed by atoms with van der Waals surface area (Å²) in [7, 11) is 0. The third-order valence-corrected chi connectivity index (χ3v) is 3.18. The summed E-state index contributed by atoms with van der Waals surface area (Å²) >= 11 is 3.27. The first-order chi connectivity index (χ1) is 8.67. The lowest BCUT2D eigenvalue weighted by Crippen LogP contribution is -1.91. The first-order valence-corrected chi connectivity index (χ1v) is 5.71. The van der Waals surface area contributed by atoms with E-state index in [1.807, 2.05) is 6.07 Å². The normalized spacial score (nSPS) is 9.56. The smallest absolute Gasteiger partial charge is 0.141 e. The molecule has 2 aromatic rings. The molecule has 0 saturated carbocycles. The number of nitriles is 2. The van der Waals surface area contributed by atoms with E-state index in [2.05, 4.69) is 20.9 Å². The summed E-state index contributed by atoms with van der Waals surface area (Å²) in [5.41, 5.74) is 1.38. The standard InChI is InChI=1S/C13H5BrFN3/c14-12-10(7-17)3-4-18-13(12)8-1-2-9(6-16)11(15)5-8/h1-5H. The molecule has 0 aliphatic carbocycles. The lowest BCUT2D eigenvalue weighted by atomic mass is 10.1. The molecule has 0 spiro atoms. The van der Waals surface area contributed by atoms with Crippen molar-refractivity contribution < 1.29 is 4.39 Å². The van der Waals surface area contributed by atoms with Crippen LogP contribution in [0.1, 0.15) is 11.1 Å². The third kappa shape index (κ3) is 2.09. The molecule has 0 N–H and O–H groups in total. The van der Waals surface area contributed by atoms with Crippen molar-refractivity contribution in [3.05, 3.63) is 51.9 Å². The molecule has 0 radical (unpaired) electrons. The minimum absolute atomic E-state index is 0.0219. The molecule has 0 fully saturated rings. The Hall–Kier alpha value is -2.24. The molecule has 3 nitrogen and oxygen atoms in total. The van der Waals surface area contributed by atoms with Crippen LogP contribution in [0.3, 0.4) is 0 Å². The van der Waals surface area contributed by atoms with E-state index in [-0.39, 0.29) is 5.56 Å². The third-order valence-electron chi connectivity index (χ3n) is 2.37. The number of halogens is 2. The maximum atomic E-state index is 13.5. The van der Waals surface area contributed by atoms with Crippen LogP contribution >= 0.6 is 15.9 Å². The first-order valence-electron chi connectivity index (χ1n) is 4.92. The molecule has 0 unspecified atom stereocenters. The largest absolute Gasteiger partial charge is 0.255 e. The van der Waals surface area contributed by atoms with Crippen LogP contribution in [0.2, 0.25) is 0 Å². The van der Waals surface area contributed by atoms with Crippen LogP contribution in [0, 0.1) is 28.5 Å². The molecular weight excluding hydrogens is 297 g/mol. The Morgan fingerprint density at radius 1 is 1.11 bits per heavy atom. The Balaban J connectivity index is 2.61. The Bertz CT molecular complexity index is 698. The van der Waals surface area contributed by atoms with E-state index >= 15 is 0 Å². The number of pyridine rings is 1. The molecule has 0 aliphatic heterocycles. The summed E-state index contributed by atoms with van der Waals surface area (Å²) < 4.78 is 14.0. The second-order valence-corrected chi connectivity index (χ2v) is 4.23. The van der Waals surface area contributed by atoms with Gasteiger partial charge in [0.15, 0.2) is 0 Å². The zero-order chi connectivity index (χ0) is 13.1. The molecule has 0 amide bonds. The van der Waals surface area contributed by atoms with Crippen molar-refractivity contribution >= 4 is 15.9 Å². The summed E-state index contributed by atoms with van der Waals surface area (Å²) in [6.07, 6.45) is 1.48. The van der Waals surface area contributed by atoms with E-state index in [9.17, 15) is 4.39 Å². The van der Waals surface area contributed by atoms with Gasteiger partial charge in [-0.3, -0.25) is 4.98 Å². The summed E-state index contributed by atoms with van der Waals surface area (Å²) in [6.45, 7) is 0. The number of benzene rings is 1. The second-order valence-electron chi connectivity index (χ2n) is 3.44. The summed E-state index contributed by atoms with van der Waals surface area (Å²) in [6, 6.07) is 9.53. The highest BCUT2D eigenvalue weighted by Gasteiger charge is 2.11. The van der Waals surface area contributed by atoms with E-state index in [1.165, 1.54) is 18.3 Å². The van der Waals surface area contributed by atoms with Gasteiger partial charge in [0.2, 0.25) is 0 Å². The van der Waals surface area contributed by atoms with Gasteiger partial charge in [0, 0.05) is 11.8 Å². The fourth-order valence-corrected chi connectivity index (χ4v) is 2.04. The molecule has 1 aromatic carbocycles. The molecule has 1 heterocycles. The van der Waals surface area contributed by atoms with Gasteiger partial charge in [0.1, 0.15) is 18.0 Å². The van der Waals surface area contributed by atoms with Gasteiger partial charge in [-0.05, 0) is 34.1 Å². The molecule has 0 saturated heterocycles. The predicted octanol–water partition coefficient (Wildman–Crippen LogP) is 3.39. The molecule has 5 heteroatoms. The Morgan fingerprint density at radius 3 is 2.44 bits per heavy atom. The Morgan fingerprint density at radius 2 is 1.83 bits per heavy atom. The Kier molecular flexibility index (Phi) is 3.36. The van der Waals surface area contributed by atoms with Gasteiger partial charge in [-0.1, -0.05) is 6.07 Å². The lowest BCUT2D eigenvalue weighted by Gasteiger charge is -2.05. The monoisotopic (exact) mass is 301 g/mol. The van der Waals surface area contributed by atoms with Crippen LogP contribution < -0.4 is 0 Å². The summed E-state index contributed by atoms with van der Waals surface area (Å²) in [4.78, 5) is 4.11. The molecule has 1 aromatic heterocycles. The van der Waals surface area contributed by atoms with Gasteiger partial charge in [0.05, 0.1) is 21.3 Å². The number of hydrogen-bond acceptors (Lipinski definition) is 3. The Labute approximate surface area is 111 Å². The highest BCUT2D eigenvalue weighted by molar-refractivity contribution is 9.10. The van der Waals surface area contributed by atoms with Gasteiger partial charge in [0.25, 0.3) is 0 Å². The van der Waals surface area contributed by atoms with Crippen molar-refractivity contribution in [3.8, 4) is 23.4 Å². The van der Waals surface area contributed by atoms with Crippen molar-refractivity contribution in [2.45, 2.75) is 0 Å². The molecular formula is C13H5BrFN3. The number of rotatable bonds is 1. The number of hydrogen-bond donors (Lipinski definition) is 0. The van der Waals surface area contributed by atoms with Crippen LogP contribution in [-0.4, -0.2) is 4.98 Å². The van der Waals surface area contributed by atoms with Crippen molar-refractivity contribution in [1.29, 1.82) is 10.5 Å². The van der Waals surface area contributed by atoms with E-state index in [4.69, 9.17) is 10.5 Å². The summed E-state index contributed by atoms with van der Waals surface area (Å²) in [5, 5.41) is 17.6. The van der Waals surface area contributed by atoms with Crippen molar-refractivity contribution in [1.82, 2.24) is 4.98 Å². The fraction of sp³-hybridized carbons (Fsp3) is 0. The summed E-state index contributed by atoms with van der Waals surface area (Å²) in [5.74, 6) is -0.605. The van der Waals surface area contributed by atoms with Crippen LogP contribution in [-0.2, 0) is 0 Å². The van der Waals surface area contributed by atoms with E-state index < -0.39 is 5.82 Å². The fourth-order valence-electron chi connectivity index (χ4n) is 1.48. The van der Waals surface area contributed by atoms with E-state index in [0.717, 1.165) is 0 Å². The molecule has 0 aliphatic rings. The van der Waals surface area contributed by atoms with Gasteiger partial charge in [-0.2, -0.15) is 10.5 Å². The molecule has 2 rings (SSSR count). The van der Waals surface area contributed by atoms with Crippen LogP contribution in [0.25, 0.3) is 11.3 Å². The average Bonchev–Trinajstić information content (AvgIpc) is 2.39. The number of nitrogens with zero attached hydrogens (tertiary/aromatic N) is 3. The van der Waals surface area contributed by atoms with Gasteiger partial charge >= 0.3 is 0 Å². The molecule has 18 heavy (non-hydrogen) atoms. The SMILES string of the molecule is N#Cc1ccc(-c2nccc(C#N)c2Br)cc1F. The van der Waals surface area contributed by atoms with Crippen molar-refractivity contribution in [2.24, 2.45) is 0 Å². The van der Waals surface area contributed by atoms with E-state index in [0.29, 0.717) is 21.3 Å². The zero-order valence-corrected chi connectivity index (χ0v) is 10.6. The quantitative estimate of drug-likeness (QED) is 0.811. The molecule has 0 atom stereocenters.